The zero-order valence-electron chi connectivity index (χ0n) is 18.3. The maximum Gasteiger partial charge on any atom is 0.245 e. The van der Waals surface area contributed by atoms with Crippen LogP contribution in [0.15, 0.2) is 11.1 Å². The molecular formula is C19H43N4OP. The minimum absolute atomic E-state index is 0.797. The Labute approximate surface area is 157 Å². The topological polar surface area (TPSA) is 30.0 Å². The Morgan fingerprint density at radius 1 is 0.600 bits per heavy atom. The number of allylic oxidation sites excluding steroid dienone is 1. The van der Waals surface area contributed by atoms with Crippen LogP contribution in [0.3, 0.4) is 0 Å². The molecule has 0 atom stereocenters. The summed E-state index contributed by atoms with van der Waals surface area (Å²) in [5.41, 5.74) is 0. The van der Waals surface area contributed by atoms with Crippen molar-refractivity contribution in [3.05, 3.63) is 11.1 Å². The van der Waals surface area contributed by atoms with Gasteiger partial charge in [-0.1, -0.05) is 27.7 Å². The zero-order valence-corrected chi connectivity index (χ0v) is 19.2. The molecule has 0 amide bonds. The summed E-state index contributed by atoms with van der Waals surface area (Å²) in [6, 6.07) is 0. The van der Waals surface area contributed by atoms with E-state index >= 15 is 0 Å². The number of rotatable bonds is 13. The van der Waals surface area contributed by atoms with Crippen LogP contribution in [0.4, 0.5) is 0 Å². The van der Waals surface area contributed by atoms with Crippen molar-refractivity contribution in [1.82, 2.24) is 19.1 Å². The predicted octanol–water partition coefficient (Wildman–Crippen LogP) is 4.74. The molecule has 0 aromatic rings. The van der Waals surface area contributed by atoms with Gasteiger partial charge < -0.3 is 9.80 Å². The quantitative estimate of drug-likeness (QED) is 0.435. The van der Waals surface area contributed by atoms with E-state index in [1.54, 1.807) is 0 Å². The average Bonchev–Trinajstić information content (AvgIpc) is 2.63. The van der Waals surface area contributed by atoms with Gasteiger partial charge in [0.05, 0.1) is 5.31 Å². The van der Waals surface area contributed by atoms with Gasteiger partial charge in [0.1, 0.15) is 5.82 Å². The SMILES string of the molecule is CCN(CC)C(=C(C)P(=O)(N(CC)CC)N(CC)CC)N(CC)CC. The molecule has 5 nitrogen and oxygen atoms in total. The molecule has 0 aromatic heterocycles. The fourth-order valence-electron chi connectivity index (χ4n) is 3.65. The smallest absolute Gasteiger partial charge is 0.245 e. The molecule has 0 N–H and O–H groups in total. The lowest BCUT2D eigenvalue weighted by atomic mass is 10.4. The summed E-state index contributed by atoms with van der Waals surface area (Å²) in [5, 5.41) is 1.03. The van der Waals surface area contributed by atoms with Gasteiger partial charge in [-0.2, -0.15) is 0 Å². The van der Waals surface area contributed by atoms with Gasteiger partial charge in [0.15, 0.2) is 0 Å². The Morgan fingerprint density at radius 3 is 1.08 bits per heavy atom. The van der Waals surface area contributed by atoms with Crippen LogP contribution >= 0.6 is 7.44 Å². The van der Waals surface area contributed by atoms with Crippen LogP contribution < -0.4 is 0 Å². The van der Waals surface area contributed by atoms with E-state index in [-0.39, 0.29) is 0 Å². The first-order chi connectivity index (χ1) is 11.9. The zero-order chi connectivity index (χ0) is 19.6. The normalized spacial score (nSPS) is 12.0. The molecule has 0 aliphatic heterocycles. The maximum absolute atomic E-state index is 14.5. The summed E-state index contributed by atoms with van der Waals surface area (Å²) in [7, 11) is -2.78. The van der Waals surface area contributed by atoms with E-state index in [1.807, 2.05) is 0 Å². The van der Waals surface area contributed by atoms with E-state index in [4.69, 9.17) is 0 Å². The monoisotopic (exact) mass is 374 g/mol. The summed E-state index contributed by atoms with van der Waals surface area (Å²) in [6.45, 7) is 26.2. The molecule has 0 bridgehead atoms. The summed E-state index contributed by atoms with van der Waals surface area (Å²) < 4.78 is 18.8. The Kier molecular flexibility index (Phi) is 11.7. The van der Waals surface area contributed by atoms with Gasteiger partial charge in [-0.25, -0.2) is 9.34 Å². The fourth-order valence-corrected chi connectivity index (χ4v) is 6.93. The molecule has 0 saturated heterocycles. The third-order valence-corrected chi connectivity index (χ3v) is 8.85. The first-order valence-electron chi connectivity index (χ1n) is 10.2. The van der Waals surface area contributed by atoms with Crippen molar-refractivity contribution < 1.29 is 4.57 Å². The molecule has 0 radical (unpaired) electrons. The van der Waals surface area contributed by atoms with Crippen molar-refractivity contribution in [3.63, 3.8) is 0 Å². The fraction of sp³-hybridized carbons (Fsp3) is 0.895. The van der Waals surface area contributed by atoms with Crippen molar-refractivity contribution in [3.8, 4) is 0 Å². The molecule has 0 aliphatic rings. The summed E-state index contributed by atoms with van der Waals surface area (Å²) in [5.74, 6) is 1.16. The predicted molar refractivity (Wildman–Crippen MR) is 112 cm³/mol. The van der Waals surface area contributed by atoms with Crippen molar-refractivity contribution in [2.45, 2.75) is 62.3 Å². The number of hydrogen-bond donors (Lipinski definition) is 0. The second-order valence-corrected chi connectivity index (χ2v) is 8.97. The molecule has 6 heteroatoms. The van der Waals surface area contributed by atoms with Crippen LogP contribution in [0.2, 0.25) is 0 Å². The van der Waals surface area contributed by atoms with Gasteiger partial charge >= 0.3 is 0 Å². The highest BCUT2D eigenvalue weighted by atomic mass is 31.2. The van der Waals surface area contributed by atoms with Crippen LogP contribution in [0.5, 0.6) is 0 Å². The average molecular weight is 375 g/mol. The maximum atomic E-state index is 14.5. The first kappa shape index (κ1) is 24.5. The van der Waals surface area contributed by atoms with E-state index in [2.05, 4.69) is 81.5 Å². The highest BCUT2D eigenvalue weighted by Crippen LogP contribution is 2.60. The van der Waals surface area contributed by atoms with Gasteiger partial charge in [0, 0.05) is 52.4 Å². The molecule has 0 heterocycles. The standard InChI is InChI=1S/C19H43N4OP/c1-10-20(11-2)19(21(12-3)13-4)18(9)25(24,22(14-5)15-6)23(16-7)17-8/h10-17H2,1-9H3. The molecule has 0 unspecified atom stereocenters. The molecule has 150 valence electrons. The molecule has 0 saturated carbocycles. The van der Waals surface area contributed by atoms with Gasteiger partial charge in [0.2, 0.25) is 7.44 Å². The van der Waals surface area contributed by atoms with Crippen molar-refractivity contribution in [2.75, 3.05) is 52.4 Å². The van der Waals surface area contributed by atoms with Gasteiger partial charge in [-0.3, -0.25) is 4.57 Å². The Hall–Kier alpha value is -0.510. The molecule has 25 heavy (non-hydrogen) atoms. The Balaban J connectivity index is 6.65. The molecule has 0 aliphatic carbocycles. The Morgan fingerprint density at radius 2 is 0.880 bits per heavy atom. The second-order valence-electron chi connectivity index (χ2n) is 6.08. The molecule has 0 spiro atoms. The lowest BCUT2D eigenvalue weighted by molar-refractivity contribution is 0.231. The van der Waals surface area contributed by atoms with Crippen molar-refractivity contribution in [1.29, 1.82) is 0 Å². The van der Waals surface area contributed by atoms with E-state index in [0.717, 1.165) is 63.5 Å². The van der Waals surface area contributed by atoms with Crippen LogP contribution in [0.25, 0.3) is 0 Å². The van der Waals surface area contributed by atoms with Crippen LogP contribution in [0, 0.1) is 0 Å². The van der Waals surface area contributed by atoms with E-state index in [1.165, 1.54) is 0 Å². The largest absolute Gasteiger partial charge is 0.358 e. The minimum atomic E-state index is -2.78. The molecular weight excluding hydrogens is 331 g/mol. The third kappa shape index (κ3) is 5.24. The molecule has 0 aromatic carbocycles. The highest BCUT2D eigenvalue weighted by molar-refractivity contribution is 7.63. The molecule has 0 rings (SSSR count). The number of hydrogen-bond acceptors (Lipinski definition) is 3. The van der Waals surface area contributed by atoms with Crippen molar-refractivity contribution >= 4 is 7.44 Å². The summed E-state index contributed by atoms with van der Waals surface area (Å²) in [4.78, 5) is 4.73. The van der Waals surface area contributed by atoms with Gasteiger partial charge in [-0.05, 0) is 34.6 Å². The molecule has 0 fully saturated rings. The van der Waals surface area contributed by atoms with Crippen LogP contribution in [0.1, 0.15) is 62.3 Å². The highest BCUT2D eigenvalue weighted by Gasteiger charge is 2.39. The van der Waals surface area contributed by atoms with E-state index < -0.39 is 7.44 Å². The first-order valence-corrected chi connectivity index (χ1v) is 11.8. The summed E-state index contributed by atoms with van der Waals surface area (Å²) in [6.07, 6.45) is 0. The Bertz CT molecular complexity index is 407. The van der Waals surface area contributed by atoms with Gasteiger partial charge in [0.25, 0.3) is 0 Å². The number of nitrogens with zero attached hydrogens (tertiary/aromatic N) is 4. The second kappa shape index (κ2) is 12.0. The van der Waals surface area contributed by atoms with E-state index in [0.29, 0.717) is 0 Å². The van der Waals surface area contributed by atoms with Crippen molar-refractivity contribution in [2.24, 2.45) is 0 Å². The van der Waals surface area contributed by atoms with Gasteiger partial charge in [-0.15, -0.1) is 0 Å². The lowest BCUT2D eigenvalue weighted by Gasteiger charge is -2.42. The van der Waals surface area contributed by atoms with Crippen LogP contribution in [-0.2, 0) is 4.57 Å². The van der Waals surface area contributed by atoms with E-state index in [9.17, 15) is 4.57 Å². The lowest BCUT2D eigenvalue weighted by Crippen LogP contribution is -2.39. The third-order valence-electron chi connectivity index (χ3n) is 5.11. The van der Waals surface area contributed by atoms with Crippen LogP contribution in [-0.4, -0.2) is 71.5 Å². The minimum Gasteiger partial charge on any atom is -0.358 e. The summed E-state index contributed by atoms with van der Waals surface area (Å²) >= 11 is 0.